The van der Waals surface area contributed by atoms with Crippen LogP contribution in [-0.4, -0.2) is 53.1 Å². The van der Waals surface area contributed by atoms with Crippen LogP contribution in [0.25, 0.3) is 0 Å². The number of hydrogen-bond donors (Lipinski definition) is 4. The second-order valence-corrected chi connectivity index (χ2v) is 15.9. The van der Waals surface area contributed by atoms with Crippen molar-refractivity contribution in [3.63, 3.8) is 0 Å². The molecule has 1 amide bonds. The molecule has 4 N–H and O–H groups in total. The second-order valence-electron chi connectivity index (χ2n) is 14.4. The van der Waals surface area contributed by atoms with Gasteiger partial charge >= 0.3 is 0 Å². The van der Waals surface area contributed by atoms with Gasteiger partial charge in [0.05, 0.1) is 17.9 Å². The molecule has 290 valence electrons. The molecule has 0 fully saturated rings. The number of aliphatic hydroxyl groups excluding tert-OH is 2. The van der Waals surface area contributed by atoms with Crippen LogP contribution in [0.2, 0.25) is 0 Å². The first-order valence-corrected chi connectivity index (χ1v) is 22.3. The Morgan fingerprint density at radius 3 is 1.33 bits per heavy atom. The number of hydrogen-bond acceptors (Lipinski definition) is 5. The highest BCUT2D eigenvalue weighted by Crippen LogP contribution is 2.16. The Bertz CT molecular complexity index is 890. The monoisotopic (exact) mass is 714 g/mol. The molecule has 3 atom stereocenters. The minimum Gasteiger partial charge on any atom is -0.391 e. The quantitative estimate of drug-likeness (QED) is 0.0289. The average molecular weight is 714 g/mol. The first kappa shape index (κ1) is 47.8. The molecular formula is C41H79NO6S. The Labute approximate surface area is 303 Å². The Balaban J connectivity index is 3.98. The van der Waals surface area contributed by atoms with Crippen LogP contribution in [0.4, 0.5) is 0 Å². The van der Waals surface area contributed by atoms with Crippen LogP contribution in [0.5, 0.6) is 0 Å². The summed E-state index contributed by atoms with van der Waals surface area (Å²) in [5.74, 6) is -1.45. The molecule has 8 heteroatoms. The number of nitrogens with one attached hydrogen (secondary N) is 1. The van der Waals surface area contributed by atoms with Crippen molar-refractivity contribution in [3.8, 4) is 0 Å². The van der Waals surface area contributed by atoms with Gasteiger partial charge in [0.15, 0.2) is 0 Å². The van der Waals surface area contributed by atoms with Crippen LogP contribution in [0.1, 0.15) is 206 Å². The van der Waals surface area contributed by atoms with E-state index in [0.717, 1.165) is 44.9 Å². The zero-order chi connectivity index (χ0) is 36.3. The Morgan fingerprint density at radius 2 is 0.898 bits per heavy atom. The molecule has 0 saturated heterocycles. The number of allylic oxidation sites excluding steroid dienone is 4. The Hall–Kier alpha value is -1.22. The van der Waals surface area contributed by atoms with E-state index in [4.69, 9.17) is 0 Å². The minimum absolute atomic E-state index is 0.293. The highest BCUT2D eigenvalue weighted by molar-refractivity contribution is 7.85. The first-order chi connectivity index (χ1) is 23.7. The van der Waals surface area contributed by atoms with Gasteiger partial charge in [0.2, 0.25) is 5.91 Å². The normalized spacial score (nSPS) is 14.1. The van der Waals surface area contributed by atoms with Gasteiger partial charge in [0.1, 0.15) is 6.10 Å². The summed E-state index contributed by atoms with van der Waals surface area (Å²) in [6.45, 7) is 4.48. The van der Waals surface area contributed by atoms with Gasteiger partial charge in [-0.3, -0.25) is 9.35 Å². The number of aliphatic hydroxyl groups is 2. The zero-order valence-electron chi connectivity index (χ0n) is 31.9. The molecular weight excluding hydrogens is 635 g/mol. The summed E-state index contributed by atoms with van der Waals surface area (Å²) in [6, 6.07) is -1.15. The fourth-order valence-corrected chi connectivity index (χ4v) is 7.09. The van der Waals surface area contributed by atoms with E-state index in [1.807, 2.05) is 0 Å². The third-order valence-corrected chi connectivity index (χ3v) is 10.3. The van der Waals surface area contributed by atoms with E-state index in [0.29, 0.717) is 25.7 Å². The summed E-state index contributed by atoms with van der Waals surface area (Å²) in [5.41, 5.74) is 0. The molecule has 0 heterocycles. The van der Waals surface area contributed by atoms with Gasteiger partial charge in [0, 0.05) is 0 Å². The standard InChI is InChI=1S/C41H79NO6S/c1-3-5-7-9-11-13-15-17-19-20-21-22-24-26-28-30-32-34-36-40(44)41(45)42-38(37-49(46,47)48)39(43)35-33-31-29-27-25-23-18-16-14-12-10-8-6-4-2/h11,13,15,17,38-40,43-44H,3-10,12,14,16,18-37H2,1-2H3,(H,42,45)(H,46,47,48)/b13-11-,17-15-. The summed E-state index contributed by atoms with van der Waals surface area (Å²) < 4.78 is 32.6. The van der Waals surface area contributed by atoms with Gasteiger partial charge in [-0.05, 0) is 38.5 Å². The third kappa shape index (κ3) is 35.0. The predicted molar refractivity (Wildman–Crippen MR) is 208 cm³/mol. The van der Waals surface area contributed by atoms with E-state index in [9.17, 15) is 28.0 Å². The molecule has 3 unspecified atom stereocenters. The second kappa shape index (κ2) is 35.2. The van der Waals surface area contributed by atoms with Crippen molar-refractivity contribution in [3.05, 3.63) is 24.3 Å². The molecule has 0 bridgehead atoms. The molecule has 0 aromatic rings. The van der Waals surface area contributed by atoms with E-state index in [1.54, 1.807) is 0 Å². The van der Waals surface area contributed by atoms with Crippen molar-refractivity contribution in [1.82, 2.24) is 5.32 Å². The summed E-state index contributed by atoms with van der Waals surface area (Å²) in [5, 5.41) is 23.5. The zero-order valence-corrected chi connectivity index (χ0v) is 32.8. The van der Waals surface area contributed by atoms with Gasteiger partial charge in [-0.15, -0.1) is 0 Å². The van der Waals surface area contributed by atoms with E-state index in [2.05, 4.69) is 43.5 Å². The van der Waals surface area contributed by atoms with Crippen molar-refractivity contribution in [2.24, 2.45) is 0 Å². The first-order valence-electron chi connectivity index (χ1n) is 20.6. The summed E-state index contributed by atoms with van der Waals surface area (Å²) >= 11 is 0. The SMILES string of the molecule is CCCCC/C=C\C=C/CCCCCCCCCCCC(O)C(=O)NC(CS(=O)(=O)O)C(O)CCCCCCCCCCCCCCCC. The van der Waals surface area contributed by atoms with Crippen molar-refractivity contribution in [1.29, 1.82) is 0 Å². The summed E-state index contributed by atoms with van der Waals surface area (Å²) in [4.78, 5) is 12.6. The van der Waals surface area contributed by atoms with E-state index < -0.39 is 40.0 Å². The minimum atomic E-state index is -4.41. The number of carbonyl (C=O) groups excluding carboxylic acids is 1. The van der Waals surface area contributed by atoms with Crippen molar-refractivity contribution < 1.29 is 28.0 Å². The van der Waals surface area contributed by atoms with Gasteiger partial charge in [-0.25, -0.2) is 0 Å². The molecule has 0 aromatic heterocycles. The predicted octanol–water partition coefficient (Wildman–Crippen LogP) is 10.9. The van der Waals surface area contributed by atoms with Gasteiger partial charge in [0.25, 0.3) is 10.1 Å². The summed E-state index contributed by atoms with van der Waals surface area (Å²) in [7, 11) is -4.41. The Morgan fingerprint density at radius 1 is 0.551 bits per heavy atom. The molecule has 0 aliphatic rings. The number of amides is 1. The molecule has 0 aromatic carbocycles. The lowest BCUT2D eigenvalue weighted by Crippen LogP contribution is -2.50. The molecule has 0 spiro atoms. The highest BCUT2D eigenvalue weighted by Gasteiger charge is 2.28. The smallest absolute Gasteiger partial charge is 0.266 e. The molecule has 49 heavy (non-hydrogen) atoms. The van der Waals surface area contributed by atoms with Crippen LogP contribution < -0.4 is 5.32 Å². The molecule has 0 rings (SSSR count). The lowest BCUT2D eigenvalue weighted by atomic mass is 10.0. The number of rotatable bonds is 37. The van der Waals surface area contributed by atoms with Crippen LogP contribution in [0.15, 0.2) is 24.3 Å². The molecule has 0 radical (unpaired) electrons. The fraction of sp³-hybridized carbons (Fsp3) is 0.878. The van der Waals surface area contributed by atoms with Crippen molar-refractivity contribution in [2.75, 3.05) is 5.75 Å². The van der Waals surface area contributed by atoms with E-state index in [1.165, 1.54) is 122 Å². The molecule has 0 aliphatic heterocycles. The van der Waals surface area contributed by atoms with Crippen LogP contribution in [-0.2, 0) is 14.9 Å². The number of carbonyl (C=O) groups is 1. The third-order valence-electron chi connectivity index (χ3n) is 9.54. The van der Waals surface area contributed by atoms with E-state index in [-0.39, 0.29) is 0 Å². The van der Waals surface area contributed by atoms with Gasteiger partial charge in [-0.1, -0.05) is 192 Å². The van der Waals surface area contributed by atoms with Gasteiger partial charge < -0.3 is 15.5 Å². The van der Waals surface area contributed by atoms with Crippen LogP contribution in [0.3, 0.4) is 0 Å². The highest BCUT2D eigenvalue weighted by atomic mass is 32.2. The fourth-order valence-electron chi connectivity index (χ4n) is 6.33. The maximum atomic E-state index is 12.6. The Kier molecular flexibility index (Phi) is 34.3. The van der Waals surface area contributed by atoms with Crippen LogP contribution >= 0.6 is 0 Å². The van der Waals surface area contributed by atoms with E-state index >= 15 is 0 Å². The maximum Gasteiger partial charge on any atom is 0.266 e. The van der Waals surface area contributed by atoms with Gasteiger partial charge in [-0.2, -0.15) is 8.42 Å². The average Bonchev–Trinajstić information content (AvgIpc) is 3.06. The maximum absolute atomic E-state index is 12.6. The topological polar surface area (TPSA) is 124 Å². The summed E-state index contributed by atoms with van der Waals surface area (Å²) in [6.07, 6.45) is 40.4. The van der Waals surface area contributed by atoms with Crippen LogP contribution in [0, 0.1) is 0 Å². The number of unbranched alkanes of at least 4 members (excludes halogenated alkanes) is 25. The molecule has 0 saturated carbocycles. The lowest BCUT2D eigenvalue weighted by molar-refractivity contribution is -0.131. The van der Waals surface area contributed by atoms with Crippen molar-refractivity contribution in [2.45, 2.75) is 225 Å². The largest absolute Gasteiger partial charge is 0.391 e. The molecule has 7 nitrogen and oxygen atoms in total. The van der Waals surface area contributed by atoms with Crippen molar-refractivity contribution >= 4 is 16.0 Å². The molecule has 0 aliphatic carbocycles. The lowest BCUT2D eigenvalue weighted by Gasteiger charge is -2.24.